The van der Waals surface area contributed by atoms with Crippen molar-refractivity contribution in [1.29, 1.82) is 0 Å². The van der Waals surface area contributed by atoms with E-state index < -0.39 is 0 Å². The number of hydrogen-bond donors (Lipinski definition) is 1. The van der Waals surface area contributed by atoms with Crippen LogP contribution >= 0.6 is 11.3 Å². The average molecular weight is 282 g/mol. The molecule has 2 heterocycles. The maximum Gasteiger partial charge on any atom is 0.0705 e. The van der Waals surface area contributed by atoms with Crippen LogP contribution in [0.25, 0.3) is 10.9 Å². The first kappa shape index (κ1) is 13.3. The molecule has 1 unspecified atom stereocenters. The molecular weight excluding hydrogens is 264 g/mol. The number of nitrogens with two attached hydrogens (primary N) is 1. The number of pyridine rings is 1. The maximum absolute atomic E-state index is 6.42. The van der Waals surface area contributed by atoms with E-state index in [4.69, 9.17) is 5.73 Å². The number of rotatable bonds is 4. The number of aromatic nitrogens is 1. The number of aryl methyl sites for hydroxylation is 1. The van der Waals surface area contributed by atoms with Crippen molar-refractivity contribution in [2.24, 2.45) is 5.73 Å². The van der Waals surface area contributed by atoms with Crippen molar-refractivity contribution in [2.45, 2.75) is 25.8 Å². The lowest BCUT2D eigenvalue weighted by Crippen LogP contribution is -2.13. The molecule has 102 valence electrons. The first-order valence-electron chi connectivity index (χ1n) is 6.94. The Labute approximate surface area is 123 Å². The molecule has 3 rings (SSSR count). The second-order valence-electron chi connectivity index (χ2n) is 4.95. The summed E-state index contributed by atoms with van der Waals surface area (Å²) in [6, 6.07) is 14.7. The van der Waals surface area contributed by atoms with Crippen molar-refractivity contribution < 1.29 is 0 Å². The highest BCUT2D eigenvalue weighted by molar-refractivity contribution is 7.11. The van der Waals surface area contributed by atoms with Crippen LogP contribution in [-0.4, -0.2) is 4.98 Å². The minimum atomic E-state index is 0.0197. The highest BCUT2D eigenvalue weighted by atomic mass is 32.1. The Morgan fingerprint density at radius 1 is 1.10 bits per heavy atom. The molecule has 0 aliphatic heterocycles. The highest BCUT2D eigenvalue weighted by Gasteiger charge is 2.12. The molecule has 0 saturated heterocycles. The van der Waals surface area contributed by atoms with Crippen LogP contribution in [0.3, 0.4) is 0 Å². The van der Waals surface area contributed by atoms with Gasteiger partial charge in [-0.25, -0.2) is 0 Å². The van der Waals surface area contributed by atoms with Crippen LogP contribution in [-0.2, 0) is 12.8 Å². The Morgan fingerprint density at radius 3 is 2.75 bits per heavy atom. The Balaban J connectivity index is 1.90. The molecule has 0 amide bonds. The zero-order valence-corrected chi connectivity index (χ0v) is 12.4. The van der Waals surface area contributed by atoms with Crippen LogP contribution in [0.2, 0.25) is 0 Å². The first-order valence-corrected chi connectivity index (χ1v) is 7.76. The summed E-state index contributed by atoms with van der Waals surface area (Å²) in [4.78, 5) is 7.18. The number of fused-ring (bicyclic) bond motifs is 1. The molecule has 0 saturated carbocycles. The predicted molar refractivity (Wildman–Crippen MR) is 86.1 cm³/mol. The van der Waals surface area contributed by atoms with E-state index in [1.807, 2.05) is 35.7 Å². The minimum absolute atomic E-state index is 0.0197. The van der Waals surface area contributed by atoms with Gasteiger partial charge in [0.05, 0.1) is 5.52 Å². The third-order valence-electron chi connectivity index (χ3n) is 3.57. The van der Waals surface area contributed by atoms with Gasteiger partial charge in [0.25, 0.3) is 0 Å². The molecule has 20 heavy (non-hydrogen) atoms. The summed E-state index contributed by atoms with van der Waals surface area (Å²) in [5, 5.41) is 1.16. The number of hydrogen-bond acceptors (Lipinski definition) is 3. The van der Waals surface area contributed by atoms with Crippen molar-refractivity contribution in [3.63, 3.8) is 0 Å². The van der Waals surface area contributed by atoms with Crippen molar-refractivity contribution in [3.8, 4) is 0 Å². The Bertz CT molecular complexity index is 712. The maximum atomic E-state index is 6.42. The Hall–Kier alpha value is -1.71. The van der Waals surface area contributed by atoms with E-state index >= 15 is 0 Å². The van der Waals surface area contributed by atoms with Crippen LogP contribution in [0, 0.1) is 0 Å². The second kappa shape index (κ2) is 5.73. The molecule has 2 nitrogen and oxygen atoms in total. The lowest BCUT2D eigenvalue weighted by molar-refractivity contribution is 0.736. The van der Waals surface area contributed by atoms with Gasteiger partial charge in [-0.2, -0.15) is 0 Å². The molecule has 0 radical (unpaired) electrons. The van der Waals surface area contributed by atoms with Crippen LogP contribution in [0.1, 0.15) is 28.3 Å². The first-order chi connectivity index (χ1) is 9.78. The molecular formula is C17H18N2S. The van der Waals surface area contributed by atoms with Gasteiger partial charge in [0, 0.05) is 33.8 Å². The summed E-state index contributed by atoms with van der Waals surface area (Å²) in [6.07, 6.45) is 3.81. The zero-order chi connectivity index (χ0) is 13.9. The van der Waals surface area contributed by atoms with Crippen LogP contribution in [0.5, 0.6) is 0 Å². The van der Waals surface area contributed by atoms with Crippen LogP contribution < -0.4 is 5.73 Å². The summed E-state index contributed by atoms with van der Waals surface area (Å²) in [5.74, 6) is 0. The molecule has 0 aliphatic carbocycles. The van der Waals surface area contributed by atoms with Gasteiger partial charge in [-0.05, 0) is 36.2 Å². The van der Waals surface area contributed by atoms with Crippen molar-refractivity contribution in [1.82, 2.24) is 4.98 Å². The van der Waals surface area contributed by atoms with Crippen molar-refractivity contribution in [3.05, 3.63) is 64.0 Å². The molecule has 2 aromatic heterocycles. The summed E-state index contributed by atoms with van der Waals surface area (Å²) < 4.78 is 0. The van der Waals surface area contributed by atoms with Gasteiger partial charge in [-0.15, -0.1) is 11.3 Å². The largest absolute Gasteiger partial charge is 0.324 e. The van der Waals surface area contributed by atoms with Gasteiger partial charge in [0.15, 0.2) is 0 Å². The Kier molecular flexibility index (Phi) is 3.81. The monoisotopic (exact) mass is 282 g/mol. The van der Waals surface area contributed by atoms with E-state index in [-0.39, 0.29) is 6.04 Å². The zero-order valence-electron chi connectivity index (χ0n) is 11.5. The normalized spacial score (nSPS) is 12.7. The van der Waals surface area contributed by atoms with Gasteiger partial charge in [0.1, 0.15) is 0 Å². The second-order valence-corrected chi connectivity index (χ2v) is 6.20. The highest BCUT2D eigenvalue weighted by Crippen LogP contribution is 2.26. The minimum Gasteiger partial charge on any atom is -0.324 e. The topological polar surface area (TPSA) is 38.9 Å². The molecule has 0 bridgehead atoms. The van der Waals surface area contributed by atoms with Crippen LogP contribution in [0.4, 0.5) is 0 Å². The van der Waals surface area contributed by atoms with Crippen LogP contribution in [0.15, 0.2) is 48.7 Å². The fraction of sp³-hybridized carbons (Fsp3) is 0.235. The predicted octanol–water partition coefficient (Wildman–Crippen LogP) is 4.10. The quantitative estimate of drug-likeness (QED) is 0.782. The van der Waals surface area contributed by atoms with Gasteiger partial charge in [0.2, 0.25) is 0 Å². The molecule has 0 aliphatic rings. The van der Waals surface area contributed by atoms with Gasteiger partial charge in [-0.1, -0.05) is 25.1 Å². The molecule has 3 heteroatoms. The smallest absolute Gasteiger partial charge is 0.0705 e. The van der Waals surface area contributed by atoms with Gasteiger partial charge in [-0.3, -0.25) is 4.98 Å². The summed E-state index contributed by atoms with van der Waals surface area (Å²) in [5.41, 5.74) is 8.62. The van der Waals surface area contributed by atoms with E-state index in [1.54, 1.807) is 0 Å². The number of nitrogens with zero attached hydrogens (tertiary/aromatic N) is 1. The molecule has 2 N–H and O–H groups in total. The SMILES string of the molecule is CCc1ccc(CC(N)c2cccc3ncccc23)s1. The standard InChI is InChI=1S/C17H18N2S/c1-2-12-8-9-13(20-12)11-16(18)14-5-3-7-17-15(14)6-4-10-19-17/h3-10,16H,2,11,18H2,1H3. The lowest BCUT2D eigenvalue weighted by Gasteiger charge is -2.13. The van der Waals surface area contributed by atoms with E-state index in [2.05, 4.69) is 36.2 Å². The van der Waals surface area contributed by atoms with E-state index in [1.165, 1.54) is 15.3 Å². The fourth-order valence-electron chi connectivity index (χ4n) is 2.50. The molecule has 1 aromatic carbocycles. The fourth-order valence-corrected chi connectivity index (χ4v) is 3.52. The van der Waals surface area contributed by atoms with E-state index in [0.29, 0.717) is 0 Å². The molecule has 1 atom stereocenters. The van der Waals surface area contributed by atoms with Gasteiger partial charge >= 0.3 is 0 Å². The van der Waals surface area contributed by atoms with Crippen molar-refractivity contribution in [2.75, 3.05) is 0 Å². The third kappa shape index (κ3) is 2.60. The van der Waals surface area contributed by atoms with Crippen molar-refractivity contribution >= 4 is 22.2 Å². The number of thiophene rings is 1. The summed E-state index contributed by atoms with van der Waals surface area (Å²) in [7, 11) is 0. The number of benzene rings is 1. The lowest BCUT2D eigenvalue weighted by atomic mass is 9.99. The van der Waals surface area contributed by atoms with Gasteiger partial charge < -0.3 is 5.73 Å². The van der Waals surface area contributed by atoms with E-state index in [0.717, 1.165) is 23.7 Å². The molecule has 0 spiro atoms. The molecule has 0 fully saturated rings. The summed E-state index contributed by atoms with van der Waals surface area (Å²) >= 11 is 1.87. The molecule has 3 aromatic rings. The summed E-state index contributed by atoms with van der Waals surface area (Å²) in [6.45, 7) is 2.19. The Morgan fingerprint density at radius 2 is 1.95 bits per heavy atom. The third-order valence-corrected chi connectivity index (χ3v) is 4.82. The van der Waals surface area contributed by atoms with E-state index in [9.17, 15) is 0 Å². The average Bonchev–Trinajstić information content (AvgIpc) is 2.94.